The molecule has 0 saturated carbocycles. The van der Waals surface area contributed by atoms with Crippen molar-refractivity contribution in [2.75, 3.05) is 14.2 Å². The lowest BCUT2D eigenvalue weighted by Crippen LogP contribution is -2.04. The van der Waals surface area contributed by atoms with Gasteiger partial charge in [-0.2, -0.15) is 0 Å². The molecule has 0 unspecified atom stereocenters. The van der Waals surface area contributed by atoms with Gasteiger partial charge in [0.2, 0.25) is 0 Å². The normalized spacial score (nSPS) is 8.64. The van der Waals surface area contributed by atoms with Gasteiger partial charge in [-0.15, -0.1) is 0 Å². The summed E-state index contributed by atoms with van der Waals surface area (Å²) in [4.78, 5) is 10.4. The van der Waals surface area contributed by atoms with Crippen LogP contribution in [0.15, 0.2) is 11.3 Å². The minimum Gasteiger partial charge on any atom is -0.467 e. The van der Waals surface area contributed by atoms with Crippen molar-refractivity contribution in [3.63, 3.8) is 0 Å². The number of methoxy groups -OCH3 is 2. The van der Waals surface area contributed by atoms with E-state index in [1.165, 1.54) is 21.1 Å². The molecule has 0 aromatic rings. The number of esters is 1. The van der Waals surface area contributed by atoms with Crippen LogP contribution < -0.4 is 0 Å². The molecule has 64 valence electrons. The van der Waals surface area contributed by atoms with Crippen LogP contribution in [-0.4, -0.2) is 30.4 Å². The summed E-state index contributed by atoms with van der Waals surface area (Å²) in [5, 5.41) is 0.461. The first-order chi connectivity index (χ1) is 5.11. The Bertz CT molecular complexity index is 169. The number of hydrogen-bond donors (Lipinski definition) is 0. The Kier molecular flexibility index (Phi) is 4.36. The molecule has 0 bridgehead atoms. The maximum atomic E-state index is 10.4. The third kappa shape index (κ3) is 3.67. The van der Waals surface area contributed by atoms with E-state index in [2.05, 4.69) is 0 Å². The molecule has 0 rings (SSSR count). The third-order valence-electron chi connectivity index (χ3n) is 0.955. The van der Waals surface area contributed by atoms with Gasteiger partial charge in [0.05, 0.1) is 24.5 Å². The predicted octanol–water partition coefficient (Wildman–Crippen LogP) is -0.666. The molecule has 0 spiro atoms. The number of hydrogen-bond acceptors (Lipinski definition) is 4. The molecular weight excluding hydrogens is 164 g/mol. The van der Waals surface area contributed by atoms with E-state index in [-0.39, 0.29) is 11.9 Å². The zero-order valence-corrected chi connectivity index (χ0v) is 9.13. The van der Waals surface area contributed by atoms with E-state index in [0.29, 0.717) is 15.6 Å². The second-order valence-corrected chi connectivity index (χ2v) is 2.75. The minimum atomic E-state index is -0.360. The summed E-state index contributed by atoms with van der Waals surface area (Å²) in [6.45, 7) is 1.33. The molecule has 0 fully saturated rings. The number of carbonyl (C=O) groups is 1. The van der Waals surface area contributed by atoms with Crippen molar-refractivity contribution < 1.29 is 19.0 Å². The summed E-state index contributed by atoms with van der Waals surface area (Å²) < 4.78 is 14.3. The van der Waals surface area contributed by atoms with Crippen LogP contribution in [0.1, 0.15) is 6.92 Å². The van der Waals surface area contributed by atoms with Gasteiger partial charge in [0.25, 0.3) is 0 Å². The molecule has 0 atom stereocenters. The first-order valence-corrected chi connectivity index (χ1v) is 4.09. The Labute approximate surface area is 68.5 Å². The van der Waals surface area contributed by atoms with E-state index in [9.17, 15) is 4.79 Å². The molecule has 0 aliphatic carbocycles. The molecule has 0 heterocycles. The number of carbonyl (C=O) groups excluding carboxylic acids is 1. The molecule has 0 aromatic carbocycles. The first kappa shape index (κ1) is 10.0. The molecule has 11 heavy (non-hydrogen) atoms. The summed E-state index contributed by atoms with van der Waals surface area (Å²) in [5.74, 6) is -0.0894. The highest BCUT2D eigenvalue weighted by atomic mass is 28.1. The van der Waals surface area contributed by atoms with Crippen LogP contribution in [-0.2, 0) is 19.0 Å². The van der Waals surface area contributed by atoms with Gasteiger partial charge in [-0.3, -0.25) is 4.79 Å². The average Bonchev–Trinajstić information content (AvgIpc) is 1.88. The predicted molar refractivity (Wildman–Crippen MR) is 42.7 cm³/mol. The smallest absolute Gasteiger partial charge is 0.312 e. The van der Waals surface area contributed by atoms with Gasteiger partial charge < -0.3 is 14.2 Å². The quantitative estimate of drug-likeness (QED) is 0.325. The maximum absolute atomic E-state index is 10.4. The molecule has 0 amide bonds. The summed E-state index contributed by atoms with van der Waals surface area (Å²) in [6, 6.07) is 0. The van der Waals surface area contributed by atoms with E-state index < -0.39 is 0 Å². The number of ether oxygens (including phenoxy) is 3. The maximum Gasteiger partial charge on any atom is 0.312 e. The topological polar surface area (TPSA) is 44.8 Å². The van der Waals surface area contributed by atoms with Crippen molar-refractivity contribution in [1.29, 1.82) is 0 Å². The van der Waals surface area contributed by atoms with Gasteiger partial charge in [-0.25, -0.2) is 0 Å². The van der Waals surface area contributed by atoms with Crippen molar-refractivity contribution in [2.24, 2.45) is 0 Å². The third-order valence-corrected chi connectivity index (χ3v) is 1.57. The fourth-order valence-corrected chi connectivity index (χ4v) is 1.32. The highest BCUT2D eigenvalue weighted by Gasteiger charge is 2.04. The second-order valence-electron chi connectivity index (χ2n) is 1.85. The fourth-order valence-electron chi connectivity index (χ4n) is 0.628. The van der Waals surface area contributed by atoms with Crippen LogP contribution in [0.3, 0.4) is 0 Å². The van der Waals surface area contributed by atoms with E-state index in [4.69, 9.17) is 14.2 Å². The van der Waals surface area contributed by atoms with Gasteiger partial charge in [-0.05, 0) is 0 Å². The van der Waals surface area contributed by atoms with Crippen molar-refractivity contribution >= 4 is 16.2 Å². The van der Waals surface area contributed by atoms with Gasteiger partial charge in [-0.1, -0.05) is 0 Å². The van der Waals surface area contributed by atoms with E-state index in [0.717, 1.165) is 0 Å². The zero-order valence-electron chi connectivity index (χ0n) is 7.13. The second kappa shape index (κ2) is 4.78. The Morgan fingerprint density at radius 3 is 2.00 bits per heavy atom. The molecule has 0 radical (unpaired) electrons. The Hall–Kier alpha value is -0.973. The zero-order chi connectivity index (χ0) is 8.85. The molecule has 0 N–H and O–H groups in total. The minimum absolute atomic E-state index is 0.270. The fraction of sp³-hybridized carbons (Fsp3) is 0.500. The summed E-state index contributed by atoms with van der Waals surface area (Å²) in [5.41, 5.74) is 0. The van der Waals surface area contributed by atoms with Crippen molar-refractivity contribution in [2.45, 2.75) is 6.92 Å². The average molecular weight is 176 g/mol. The van der Waals surface area contributed by atoms with Gasteiger partial charge >= 0.3 is 11.9 Å². The summed E-state index contributed by atoms with van der Waals surface area (Å²) >= 11 is 0. The van der Waals surface area contributed by atoms with Crippen molar-refractivity contribution in [3.05, 3.63) is 11.3 Å². The molecule has 5 heteroatoms. The van der Waals surface area contributed by atoms with Crippen LogP contribution in [0.4, 0.5) is 0 Å². The molecule has 0 aliphatic rings. The Morgan fingerprint density at radius 2 is 1.73 bits per heavy atom. The molecule has 0 saturated heterocycles. The van der Waals surface area contributed by atoms with Crippen molar-refractivity contribution in [1.82, 2.24) is 0 Å². The SMILES string of the molecule is COC(OC)=C([SiH3])OC(C)=O. The van der Waals surface area contributed by atoms with Crippen LogP contribution >= 0.6 is 0 Å². The lowest BCUT2D eigenvalue weighted by Gasteiger charge is -2.07. The number of rotatable bonds is 3. The summed E-state index contributed by atoms with van der Waals surface area (Å²) in [6.07, 6.45) is 0. The van der Waals surface area contributed by atoms with Crippen LogP contribution in [0.5, 0.6) is 0 Å². The largest absolute Gasteiger partial charge is 0.467 e. The molecular formula is C6H12O4Si. The van der Waals surface area contributed by atoms with E-state index >= 15 is 0 Å². The van der Waals surface area contributed by atoms with Gasteiger partial charge in [0.15, 0.2) is 5.38 Å². The summed E-state index contributed by atoms with van der Waals surface area (Å²) in [7, 11) is 3.49. The van der Waals surface area contributed by atoms with Crippen molar-refractivity contribution in [3.8, 4) is 0 Å². The Balaban J connectivity index is 4.23. The highest BCUT2D eigenvalue weighted by Crippen LogP contribution is 2.03. The lowest BCUT2D eigenvalue weighted by atomic mass is 10.8. The van der Waals surface area contributed by atoms with Gasteiger partial charge in [0, 0.05) is 6.92 Å². The van der Waals surface area contributed by atoms with Gasteiger partial charge in [0.1, 0.15) is 0 Å². The Morgan fingerprint density at radius 1 is 1.27 bits per heavy atom. The molecule has 0 aliphatic heterocycles. The highest BCUT2D eigenvalue weighted by molar-refractivity contribution is 6.21. The van der Waals surface area contributed by atoms with E-state index in [1.807, 2.05) is 0 Å². The van der Waals surface area contributed by atoms with Crippen LogP contribution in [0, 0.1) is 0 Å². The molecule has 0 aromatic heterocycles. The van der Waals surface area contributed by atoms with Crippen LogP contribution in [0.25, 0.3) is 0 Å². The monoisotopic (exact) mass is 176 g/mol. The standard InChI is InChI=1S/C6H12O4Si/c1-4(7)10-6(11)5(8-2)9-3/h1-3,11H3. The first-order valence-electron chi connectivity index (χ1n) is 3.09. The lowest BCUT2D eigenvalue weighted by molar-refractivity contribution is -0.136. The molecule has 4 nitrogen and oxygen atoms in total. The van der Waals surface area contributed by atoms with E-state index in [1.54, 1.807) is 0 Å². The van der Waals surface area contributed by atoms with Crippen LogP contribution in [0.2, 0.25) is 0 Å².